The molecular formula is C12H9F3N2O2. The molecule has 0 aromatic carbocycles. The molecule has 0 spiro atoms. The van der Waals surface area contributed by atoms with Crippen LogP contribution in [0.25, 0.3) is 0 Å². The van der Waals surface area contributed by atoms with Gasteiger partial charge < -0.3 is 5.11 Å². The number of aliphatic carboxylic acids is 1. The monoisotopic (exact) mass is 270 g/mol. The maximum Gasteiger partial charge on any atom is 0.433 e. The average molecular weight is 270 g/mol. The summed E-state index contributed by atoms with van der Waals surface area (Å²) in [7, 11) is 0. The molecule has 0 atom stereocenters. The maximum absolute atomic E-state index is 12.4. The Kier molecular flexibility index (Phi) is 3.42. The Bertz CT molecular complexity index is 554. The molecule has 100 valence electrons. The van der Waals surface area contributed by atoms with Crippen LogP contribution in [0.3, 0.4) is 0 Å². The molecule has 1 aromatic heterocycles. The van der Waals surface area contributed by atoms with E-state index in [1.807, 2.05) is 0 Å². The number of halogens is 3. The summed E-state index contributed by atoms with van der Waals surface area (Å²) in [5, 5.41) is 8.66. The average Bonchev–Trinajstić information content (AvgIpc) is 2.25. The zero-order valence-corrected chi connectivity index (χ0v) is 9.61. The number of hydrogen-bond acceptors (Lipinski definition) is 3. The van der Waals surface area contributed by atoms with Gasteiger partial charge in [0.2, 0.25) is 5.82 Å². The van der Waals surface area contributed by atoms with E-state index in [0.29, 0.717) is 12.8 Å². The maximum atomic E-state index is 12.4. The van der Waals surface area contributed by atoms with E-state index in [1.54, 1.807) is 0 Å². The number of carbonyl (C=O) groups is 1. The number of alkyl halides is 3. The van der Waals surface area contributed by atoms with Crippen LogP contribution < -0.4 is 0 Å². The van der Waals surface area contributed by atoms with Crippen LogP contribution in [-0.2, 0) is 11.0 Å². The minimum absolute atomic E-state index is 0.112. The first-order valence-electron chi connectivity index (χ1n) is 5.51. The highest BCUT2D eigenvalue weighted by atomic mass is 19.4. The van der Waals surface area contributed by atoms with E-state index in [4.69, 9.17) is 5.11 Å². The smallest absolute Gasteiger partial charge is 0.433 e. The van der Waals surface area contributed by atoms with Crippen molar-refractivity contribution >= 4 is 5.97 Å². The molecule has 0 unspecified atom stereocenters. The molecule has 1 aliphatic rings. The summed E-state index contributed by atoms with van der Waals surface area (Å²) < 4.78 is 37.1. The van der Waals surface area contributed by atoms with Crippen LogP contribution in [0.1, 0.15) is 24.4 Å². The van der Waals surface area contributed by atoms with E-state index >= 15 is 0 Å². The van der Waals surface area contributed by atoms with Gasteiger partial charge in [-0.3, -0.25) is 4.79 Å². The van der Waals surface area contributed by atoms with Gasteiger partial charge in [0.05, 0.1) is 5.92 Å². The van der Waals surface area contributed by atoms with Crippen LogP contribution in [0.15, 0.2) is 12.3 Å². The van der Waals surface area contributed by atoms with Crippen LogP contribution in [0.2, 0.25) is 0 Å². The fourth-order valence-corrected chi connectivity index (χ4v) is 1.68. The Morgan fingerprint density at radius 1 is 1.42 bits per heavy atom. The topological polar surface area (TPSA) is 63.1 Å². The number of hydrogen-bond donors (Lipinski definition) is 1. The lowest BCUT2D eigenvalue weighted by atomic mass is 9.75. The number of carboxylic acid groups (broad SMARTS) is 1. The lowest BCUT2D eigenvalue weighted by Crippen LogP contribution is -2.29. The SMILES string of the molecule is O=C(O)[C@H]1C[C@@H](C#Cc2nccc(C(F)(F)F)n2)C1. The molecule has 1 heterocycles. The van der Waals surface area contributed by atoms with Gasteiger partial charge in [-0.2, -0.15) is 13.2 Å². The third kappa shape index (κ3) is 3.22. The molecule has 0 saturated heterocycles. The van der Waals surface area contributed by atoms with Crippen LogP contribution >= 0.6 is 0 Å². The van der Waals surface area contributed by atoms with E-state index in [1.165, 1.54) is 0 Å². The first-order chi connectivity index (χ1) is 8.86. The lowest BCUT2D eigenvalue weighted by molar-refractivity contribution is -0.145. The number of aromatic nitrogens is 2. The molecule has 1 aromatic rings. The molecule has 19 heavy (non-hydrogen) atoms. The van der Waals surface area contributed by atoms with Crippen molar-refractivity contribution in [1.82, 2.24) is 9.97 Å². The number of rotatable bonds is 1. The fraction of sp³-hybridized carbons (Fsp3) is 0.417. The molecule has 1 saturated carbocycles. The standard InChI is InChI=1S/C12H9F3N2O2/c13-12(14,15)9-3-4-16-10(17-9)2-1-7-5-8(6-7)11(18)19/h3-4,7-8H,5-6H2,(H,18,19)/t7-,8+. The van der Waals surface area contributed by atoms with Crippen LogP contribution in [0.4, 0.5) is 13.2 Å². The highest BCUT2D eigenvalue weighted by molar-refractivity contribution is 5.71. The zero-order chi connectivity index (χ0) is 14.0. The highest BCUT2D eigenvalue weighted by Gasteiger charge is 2.34. The summed E-state index contributed by atoms with van der Waals surface area (Å²) in [6, 6.07) is 0.773. The van der Waals surface area contributed by atoms with Gasteiger partial charge in [0.15, 0.2) is 0 Å². The second-order valence-electron chi connectivity index (χ2n) is 4.24. The quantitative estimate of drug-likeness (QED) is 0.792. The predicted molar refractivity (Wildman–Crippen MR) is 57.8 cm³/mol. The molecule has 0 amide bonds. The molecular weight excluding hydrogens is 261 g/mol. The van der Waals surface area contributed by atoms with Crippen molar-refractivity contribution < 1.29 is 23.1 Å². The molecule has 1 aliphatic carbocycles. The Morgan fingerprint density at radius 3 is 2.68 bits per heavy atom. The zero-order valence-electron chi connectivity index (χ0n) is 9.61. The Morgan fingerprint density at radius 2 is 2.11 bits per heavy atom. The van der Waals surface area contributed by atoms with Crippen molar-refractivity contribution in [2.45, 2.75) is 19.0 Å². The van der Waals surface area contributed by atoms with E-state index in [0.717, 1.165) is 12.3 Å². The molecule has 1 fully saturated rings. The van der Waals surface area contributed by atoms with Crippen molar-refractivity contribution in [2.24, 2.45) is 11.8 Å². The Balaban J connectivity index is 2.04. The summed E-state index contributed by atoms with van der Waals surface area (Å²) in [5.41, 5.74) is -1.04. The molecule has 2 rings (SSSR count). The fourth-order valence-electron chi connectivity index (χ4n) is 1.68. The van der Waals surface area contributed by atoms with E-state index in [-0.39, 0.29) is 11.7 Å². The van der Waals surface area contributed by atoms with E-state index < -0.39 is 23.8 Å². The molecule has 0 bridgehead atoms. The van der Waals surface area contributed by atoms with Gasteiger partial charge in [-0.15, -0.1) is 0 Å². The number of carboxylic acids is 1. The summed E-state index contributed by atoms with van der Waals surface area (Å²) in [5.74, 6) is 3.57. The van der Waals surface area contributed by atoms with Gasteiger partial charge in [-0.1, -0.05) is 5.92 Å². The summed E-state index contributed by atoms with van der Waals surface area (Å²) >= 11 is 0. The molecule has 1 N–H and O–H groups in total. The third-order valence-corrected chi connectivity index (χ3v) is 2.82. The van der Waals surface area contributed by atoms with Gasteiger partial charge in [-0.25, -0.2) is 9.97 Å². The molecule has 0 radical (unpaired) electrons. The number of nitrogens with zero attached hydrogens (tertiary/aromatic N) is 2. The van der Waals surface area contributed by atoms with Crippen LogP contribution in [-0.4, -0.2) is 21.0 Å². The highest BCUT2D eigenvalue weighted by Crippen LogP contribution is 2.33. The lowest BCUT2D eigenvalue weighted by Gasteiger charge is -2.27. The largest absolute Gasteiger partial charge is 0.481 e. The minimum Gasteiger partial charge on any atom is -0.481 e. The van der Waals surface area contributed by atoms with Crippen molar-refractivity contribution in [2.75, 3.05) is 0 Å². The second-order valence-corrected chi connectivity index (χ2v) is 4.24. The van der Waals surface area contributed by atoms with Gasteiger partial charge in [-0.05, 0) is 24.8 Å². The molecule has 7 heteroatoms. The third-order valence-electron chi connectivity index (χ3n) is 2.82. The minimum atomic E-state index is -4.52. The van der Waals surface area contributed by atoms with Crippen molar-refractivity contribution in [1.29, 1.82) is 0 Å². The first kappa shape index (κ1) is 13.3. The molecule has 4 nitrogen and oxygen atoms in total. The van der Waals surface area contributed by atoms with E-state index in [2.05, 4.69) is 21.8 Å². The van der Waals surface area contributed by atoms with Gasteiger partial charge in [0.1, 0.15) is 5.69 Å². The molecule has 0 aliphatic heterocycles. The second kappa shape index (κ2) is 4.88. The summed E-state index contributed by atoms with van der Waals surface area (Å²) in [6.07, 6.45) is -2.69. The van der Waals surface area contributed by atoms with Crippen LogP contribution in [0, 0.1) is 23.7 Å². The van der Waals surface area contributed by atoms with Crippen molar-refractivity contribution in [3.63, 3.8) is 0 Å². The summed E-state index contributed by atoms with van der Waals surface area (Å²) in [6.45, 7) is 0. The van der Waals surface area contributed by atoms with Crippen molar-refractivity contribution in [3.8, 4) is 11.8 Å². The van der Waals surface area contributed by atoms with Crippen LogP contribution in [0.5, 0.6) is 0 Å². The van der Waals surface area contributed by atoms with Gasteiger partial charge >= 0.3 is 12.1 Å². The Hall–Kier alpha value is -2.10. The van der Waals surface area contributed by atoms with Crippen molar-refractivity contribution in [3.05, 3.63) is 23.8 Å². The normalized spacial score (nSPS) is 22.1. The van der Waals surface area contributed by atoms with Gasteiger partial charge in [0.25, 0.3) is 0 Å². The Labute approximate surface area is 106 Å². The summed E-state index contributed by atoms with van der Waals surface area (Å²) in [4.78, 5) is 17.5. The van der Waals surface area contributed by atoms with Gasteiger partial charge in [0, 0.05) is 12.1 Å². The van der Waals surface area contributed by atoms with E-state index in [9.17, 15) is 18.0 Å². The predicted octanol–water partition coefficient (Wildman–Crippen LogP) is 1.96. The first-order valence-corrected chi connectivity index (χ1v) is 5.51.